The van der Waals surface area contributed by atoms with Gasteiger partial charge in [0.05, 0.1) is 17.8 Å². The van der Waals surface area contributed by atoms with E-state index in [4.69, 9.17) is 4.74 Å². The summed E-state index contributed by atoms with van der Waals surface area (Å²) in [5.74, 6) is 0.763. The lowest BCUT2D eigenvalue weighted by Crippen LogP contribution is -2.20. The molecule has 0 bridgehead atoms. The Morgan fingerprint density at radius 3 is 2.62 bits per heavy atom. The summed E-state index contributed by atoms with van der Waals surface area (Å²) in [4.78, 5) is 20.6. The largest absolute Gasteiger partial charge is 0.488 e. The maximum absolute atomic E-state index is 13.1. The molecule has 5 rings (SSSR count). The lowest BCUT2D eigenvalue weighted by molar-refractivity contribution is 0.310. The molecule has 0 amide bonds. The van der Waals surface area contributed by atoms with Crippen molar-refractivity contribution >= 4 is 21.8 Å². The van der Waals surface area contributed by atoms with Crippen LogP contribution in [0.5, 0.6) is 5.75 Å². The van der Waals surface area contributed by atoms with Gasteiger partial charge in [-0.2, -0.15) is 0 Å². The smallest absolute Gasteiger partial charge is 0.275 e. The van der Waals surface area contributed by atoms with Crippen molar-refractivity contribution in [2.75, 3.05) is 0 Å². The SMILES string of the molecule is O=c1c2[nH]c3cccc(OCc4ccccc4)c3c2ccn1Cc1ccccn1. The van der Waals surface area contributed by atoms with Crippen LogP contribution in [-0.2, 0) is 13.2 Å². The Morgan fingerprint density at radius 2 is 1.79 bits per heavy atom. The topological polar surface area (TPSA) is 59.9 Å². The van der Waals surface area contributed by atoms with E-state index in [-0.39, 0.29) is 5.56 Å². The third-order valence-electron chi connectivity index (χ3n) is 5.02. The van der Waals surface area contributed by atoms with E-state index in [1.165, 1.54) is 0 Å². The predicted molar refractivity (Wildman–Crippen MR) is 114 cm³/mol. The zero-order valence-electron chi connectivity index (χ0n) is 15.7. The minimum atomic E-state index is -0.0710. The predicted octanol–water partition coefficient (Wildman–Crippen LogP) is 4.51. The van der Waals surface area contributed by atoms with Crippen molar-refractivity contribution in [1.29, 1.82) is 0 Å². The molecule has 5 aromatic rings. The third-order valence-corrected chi connectivity index (χ3v) is 5.02. The number of nitrogens with zero attached hydrogens (tertiary/aromatic N) is 2. The molecule has 0 fully saturated rings. The quantitative estimate of drug-likeness (QED) is 0.487. The Kier molecular flexibility index (Phi) is 4.33. The van der Waals surface area contributed by atoms with E-state index >= 15 is 0 Å². The first-order chi connectivity index (χ1) is 14.3. The molecular weight excluding hydrogens is 362 g/mol. The van der Waals surface area contributed by atoms with Crippen LogP contribution in [0.1, 0.15) is 11.3 Å². The number of rotatable bonds is 5. The Balaban J connectivity index is 1.55. The second-order valence-electron chi connectivity index (χ2n) is 6.94. The molecule has 0 saturated heterocycles. The maximum Gasteiger partial charge on any atom is 0.275 e. The van der Waals surface area contributed by atoms with Gasteiger partial charge in [-0.15, -0.1) is 0 Å². The van der Waals surface area contributed by atoms with Gasteiger partial charge in [-0.1, -0.05) is 42.5 Å². The normalized spacial score (nSPS) is 11.2. The lowest BCUT2D eigenvalue weighted by Gasteiger charge is -2.08. The van der Waals surface area contributed by atoms with E-state index in [0.717, 1.165) is 33.3 Å². The number of aromatic nitrogens is 3. The summed E-state index contributed by atoms with van der Waals surface area (Å²) >= 11 is 0. The van der Waals surface area contributed by atoms with Crippen molar-refractivity contribution in [1.82, 2.24) is 14.5 Å². The third kappa shape index (κ3) is 3.27. The number of H-pyrrole nitrogens is 1. The van der Waals surface area contributed by atoms with E-state index in [2.05, 4.69) is 9.97 Å². The molecule has 0 spiro atoms. The second kappa shape index (κ2) is 7.28. The Hall–Kier alpha value is -3.86. The van der Waals surface area contributed by atoms with Gasteiger partial charge in [0.2, 0.25) is 0 Å². The Bertz CT molecular complexity index is 1340. The fraction of sp³-hybridized carbons (Fsp3) is 0.0833. The van der Waals surface area contributed by atoms with Gasteiger partial charge in [0.15, 0.2) is 0 Å². The van der Waals surface area contributed by atoms with Crippen molar-refractivity contribution in [2.45, 2.75) is 13.2 Å². The number of aromatic amines is 1. The van der Waals surface area contributed by atoms with E-state index in [1.54, 1.807) is 10.8 Å². The monoisotopic (exact) mass is 381 g/mol. The molecule has 0 saturated carbocycles. The molecule has 0 aliphatic rings. The van der Waals surface area contributed by atoms with Gasteiger partial charge in [-0.05, 0) is 35.9 Å². The van der Waals surface area contributed by atoms with Gasteiger partial charge in [-0.25, -0.2) is 0 Å². The summed E-state index contributed by atoms with van der Waals surface area (Å²) in [5.41, 5.74) is 3.34. The average molecular weight is 381 g/mol. The number of hydrogen-bond donors (Lipinski definition) is 1. The first-order valence-electron chi connectivity index (χ1n) is 9.50. The molecule has 0 unspecified atom stereocenters. The van der Waals surface area contributed by atoms with Gasteiger partial charge in [0.25, 0.3) is 5.56 Å². The van der Waals surface area contributed by atoms with E-state index < -0.39 is 0 Å². The highest BCUT2D eigenvalue weighted by Crippen LogP contribution is 2.32. The van der Waals surface area contributed by atoms with Gasteiger partial charge in [0, 0.05) is 23.2 Å². The first-order valence-corrected chi connectivity index (χ1v) is 9.50. The molecule has 0 aliphatic heterocycles. The van der Waals surface area contributed by atoms with E-state index in [1.807, 2.05) is 79.0 Å². The summed E-state index contributed by atoms with van der Waals surface area (Å²) in [5, 5.41) is 1.80. The van der Waals surface area contributed by atoms with Gasteiger partial charge < -0.3 is 14.3 Å². The minimum absolute atomic E-state index is 0.0710. The zero-order chi connectivity index (χ0) is 19.6. The van der Waals surface area contributed by atoms with Crippen LogP contribution < -0.4 is 10.3 Å². The van der Waals surface area contributed by atoms with Crippen molar-refractivity contribution in [3.05, 3.63) is 107 Å². The minimum Gasteiger partial charge on any atom is -0.488 e. The summed E-state index contributed by atoms with van der Waals surface area (Å²) in [6.07, 6.45) is 3.55. The van der Waals surface area contributed by atoms with Gasteiger partial charge in [-0.3, -0.25) is 9.78 Å². The Labute approximate surface area is 167 Å². The molecule has 5 heteroatoms. The molecule has 3 aromatic heterocycles. The first kappa shape index (κ1) is 17.3. The van der Waals surface area contributed by atoms with Crippen LogP contribution in [0.4, 0.5) is 0 Å². The molecule has 2 aromatic carbocycles. The average Bonchev–Trinajstić information content (AvgIpc) is 3.16. The fourth-order valence-electron chi connectivity index (χ4n) is 3.60. The highest BCUT2D eigenvalue weighted by atomic mass is 16.5. The number of hydrogen-bond acceptors (Lipinski definition) is 3. The maximum atomic E-state index is 13.1. The number of benzene rings is 2. The number of nitrogens with one attached hydrogen (secondary N) is 1. The van der Waals surface area contributed by atoms with Crippen molar-refractivity contribution in [3.8, 4) is 5.75 Å². The van der Waals surface area contributed by atoms with Gasteiger partial charge in [0.1, 0.15) is 17.9 Å². The number of pyridine rings is 2. The summed E-state index contributed by atoms with van der Waals surface area (Å²) in [7, 11) is 0. The molecule has 3 heterocycles. The van der Waals surface area contributed by atoms with Crippen LogP contribution in [0, 0.1) is 0 Å². The van der Waals surface area contributed by atoms with Crippen LogP contribution in [0.15, 0.2) is 90.0 Å². The molecular formula is C24H19N3O2. The van der Waals surface area contributed by atoms with Crippen LogP contribution in [0.2, 0.25) is 0 Å². The van der Waals surface area contributed by atoms with E-state index in [9.17, 15) is 4.79 Å². The van der Waals surface area contributed by atoms with Crippen LogP contribution in [0.3, 0.4) is 0 Å². The molecule has 0 atom stereocenters. The molecule has 0 aliphatic carbocycles. The van der Waals surface area contributed by atoms with Crippen molar-refractivity contribution in [2.24, 2.45) is 0 Å². The number of ether oxygens (including phenoxy) is 1. The summed E-state index contributed by atoms with van der Waals surface area (Å²) in [6.45, 7) is 0.908. The standard InChI is InChI=1S/C24H19N3O2/c28-24-23-19(12-14-27(24)15-18-9-4-5-13-25-18)22-20(26-23)10-6-11-21(22)29-16-17-7-2-1-3-8-17/h1-14,26H,15-16H2. The van der Waals surface area contributed by atoms with Crippen molar-refractivity contribution in [3.63, 3.8) is 0 Å². The van der Waals surface area contributed by atoms with Crippen molar-refractivity contribution < 1.29 is 4.74 Å². The lowest BCUT2D eigenvalue weighted by atomic mass is 10.1. The van der Waals surface area contributed by atoms with E-state index in [0.29, 0.717) is 18.7 Å². The molecule has 142 valence electrons. The zero-order valence-corrected chi connectivity index (χ0v) is 15.7. The summed E-state index contributed by atoms with van der Waals surface area (Å²) < 4.78 is 7.77. The fourth-order valence-corrected chi connectivity index (χ4v) is 3.60. The number of fused-ring (bicyclic) bond motifs is 3. The molecule has 0 radical (unpaired) electrons. The van der Waals surface area contributed by atoms with Crippen LogP contribution in [-0.4, -0.2) is 14.5 Å². The highest BCUT2D eigenvalue weighted by molar-refractivity contribution is 6.10. The van der Waals surface area contributed by atoms with Crippen LogP contribution in [0.25, 0.3) is 21.8 Å². The highest BCUT2D eigenvalue weighted by Gasteiger charge is 2.14. The second-order valence-corrected chi connectivity index (χ2v) is 6.94. The molecule has 5 nitrogen and oxygen atoms in total. The molecule has 1 N–H and O–H groups in total. The molecule has 29 heavy (non-hydrogen) atoms. The summed E-state index contributed by atoms with van der Waals surface area (Å²) in [6, 6.07) is 23.6. The Morgan fingerprint density at radius 1 is 0.931 bits per heavy atom. The van der Waals surface area contributed by atoms with Gasteiger partial charge >= 0.3 is 0 Å². The van der Waals surface area contributed by atoms with Crippen LogP contribution >= 0.6 is 0 Å².